The molecule has 0 atom stereocenters. The summed E-state index contributed by atoms with van der Waals surface area (Å²) in [7, 11) is 0. The van der Waals surface area contributed by atoms with Gasteiger partial charge in [0.15, 0.2) is 0 Å². The van der Waals surface area contributed by atoms with Crippen LogP contribution in [0.15, 0.2) is 18.2 Å². The minimum atomic E-state index is 0.495. The predicted molar refractivity (Wildman–Crippen MR) is 79.2 cm³/mol. The molecular weight excluding hydrogens is 248 g/mol. The Morgan fingerprint density at radius 2 is 1.70 bits per heavy atom. The third-order valence-corrected chi connectivity index (χ3v) is 3.39. The van der Waals surface area contributed by atoms with Gasteiger partial charge < -0.3 is 4.74 Å². The Kier molecular flexibility index (Phi) is 3.76. The highest BCUT2D eigenvalue weighted by molar-refractivity contribution is 5.51. The quantitative estimate of drug-likeness (QED) is 0.814. The van der Waals surface area contributed by atoms with Gasteiger partial charge in [-0.05, 0) is 57.4 Å². The van der Waals surface area contributed by atoms with E-state index in [4.69, 9.17) is 4.74 Å². The summed E-state index contributed by atoms with van der Waals surface area (Å²) in [5.74, 6) is 1.37. The first-order chi connectivity index (χ1) is 9.42. The predicted octanol–water partition coefficient (Wildman–Crippen LogP) is 4.29. The highest BCUT2D eigenvalue weighted by Crippen LogP contribution is 2.31. The van der Waals surface area contributed by atoms with Crippen LogP contribution < -0.4 is 4.74 Å². The molecule has 3 heteroatoms. The average Bonchev–Trinajstić information content (AvgIpc) is 2.35. The number of hydrogen-bond donors (Lipinski definition) is 0. The van der Waals surface area contributed by atoms with Gasteiger partial charge in [-0.1, -0.05) is 6.07 Å². The summed E-state index contributed by atoms with van der Waals surface area (Å²) in [5.41, 5.74) is 5.45. The minimum absolute atomic E-state index is 0.495. The van der Waals surface area contributed by atoms with Crippen molar-refractivity contribution in [2.45, 2.75) is 34.6 Å². The topological polar surface area (TPSA) is 45.9 Å². The van der Waals surface area contributed by atoms with Gasteiger partial charge >= 0.3 is 0 Å². The molecule has 0 aliphatic heterocycles. The van der Waals surface area contributed by atoms with Crippen LogP contribution in [0.2, 0.25) is 0 Å². The molecule has 102 valence electrons. The summed E-state index contributed by atoms with van der Waals surface area (Å²) in [6.45, 7) is 9.84. The fourth-order valence-electron chi connectivity index (χ4n) is 2.23. The van der Waals surface area contributed by atoms with E-state index >= 15 is 0 Å². The van der Waals surface area contributed by atoms with Crippen LogP contribution in [0, 0.1) is 45.9 Å². The largest absolute Gasteiger partial charge is 0.456 e. The van der Waals surface area contributed by atoms with E-state index < -0.39 is 0 Å². The molecule has 0 amide bonds. The van der Waals surface area contributed by atoms with Crippen molar-refractivity contribution in [3.8, 4) is 17.6 Å². The molecule has 3 nitrogen and oxygen atoms in total. The lowest BCUT2D eigenvalue weighted by Crippen LogP contribution is -1.98. The summed E-state index contributed by atoms with van der Waals surface area (Å²) in [5, 5.41) is 9.28. The van der Waals surface area contributed by atoms with Crippen molar-refractivity contribution in [2.24, 2.45) is 0 Å². The Morgan fingerprint density at radius 1 is 1.00 bits per heavy atom. The number of nitrogens with zero attached hydrogens (tertiary/aromatic N) is 2. The van der Waals surface area contributed by atoms with Crippen LogP contribution in [0.3, 0.4) is 0 Å². The first-order valence-corrected chi connectivity index (χ1v) is 6.56. The molecule has 0 N–H and O–H groups in total. The second-order valence-electron chi connectivity index (χ2n) is 5.14. The van der Waals surface area contributed by atoms with Crippen molar-refractivity contribution in [2.75, 3.05) is 0 Å². The molecular formula is C17H18N2O. The molecule has 2 aromatic rings. The maximum absolute atomic E-state index is 9.28. The maximum Gasteiger partial charge on any atom is 0.148 e. The molecule has 0 unspecified atom stereocenters. The van der Waals surface area contributed by atoms with Crippen molar-refractivity contribution in [1.29, 1.82) is 5.26 Å². The summed E-state index contributed by atoms with van der Waals surface area (Å²) < 4.78 is 5.99. The number of pyridine rings is 1. The molecule has 1 aromatic heterocycles. The number of ether oxygens (including phenoxy) is 1. The van der Waals surface area contributed by atoms with Gasteiger partial charge in [-0.3, -0.25) is 4.98 Å². The van der Waals surface area contributed by atoms with Crippen LogP contribution in [0.4, 0.5) is 0 Å². The highest BCUT2D eigenvalue weighted by Gasteiger charge is 2.12. The molecule has 2 rings (SSSR count). The molecule has 0 radical (unpaired) electrons. The van der Waals surface area contributed by atoms with Crippen LogP contribution in [0.5, 0.6) is 11.5 Å². The Morgan fingerprint density at radius 3 is 2.35 bits per heavy atom. The van der Waals surface area contributed by atoms with Gasteiger partial charge in [0.25, 0.3) is 0 Å². The lowest BCUT2D eigenvalue weighted by Gasteiger charge is -2.14. The summed E-state index contributed by atoms with van der Waals surface area (Å²) >= 11 is 0. The zero-order valence-corrected chi connectivity index (χ0v) is 12.5. The van der Waals surface area contributed by atoms with E-state index in [0.29, 0.717) is 17.0 Å². The fraction of sp³-hybridized carbons (Fsp3) is 0.294. The fourth-order valence-corrected chi connectivity index (χ4v) is 2.23. The average molecular weight is 266 g/mol. The smallest absolute Gasteiger partial charge is 0.148 e. The molecule has 0 bridgehead atoms. The second kappa shape index (κ2) is 5.34. The van der Waals surface area contributed by atoms with Crippen LogP contribution in [0.1, 0.15) is 33.6 Å². The Bertz CT molecular complexity index is 712. The lowest BCUT2D eigenvalue weighted by atomic mass is 10.1. The van der Waals surface area contributed by atoms with E-state index in [1.807, 2.05) is 39.8 Å². The van der Waals surface area contributed by atoms with Crippen LogP contribution in [-0.4, -0.2) is 4.98 Å². The van der Waals surface area contributed by atoms with Crippen molar-refractivity contribution in [3.63, 3.8) is 0 Å². The van der Waals surface area contributed by atoms with Crippen LogP contribution in [0.25, 0.3) is 0 Å². The van der Waals surface area contributed by atoms with Crippen molar-refractivity contribution in [1.82, 2.24) is 4.98 Å². The number of aryl methyl sites for hydroxylation is 4. The van der Waals surface area contributed by atoms with Crippen molar-refractivity contribution >= 4 is 0 Å². The number of aromatic nitrogens is 1. The molecule has 0 spiro atoms. The van der Waals surface area contributed by atoms with E-state index in [0.717, 1.165) is 22.6 Å². The molecule has 0 saturated carbocycles. The first kappa shape index (κ1) is 14.1. The SMILES string of the molecule is Cc1cc(C)c(C)c(Oc2cc(C)nc(C)c2C#N)c1. The van der Waals surface area contributed by atoms with Gasteiger partial charge in [0.2, 0.25) is 0 Å². The normalized spacial score (nSPS) is 10.2. The summed E-state index contributed by atoms with van der Waals surface area (Å²) in [4.78, 5) is 4.30. The van der Waals surface area contributed by atoms with E-state index in [2.05, 4.69) is 24.0 Å². The Hall–Kier alpha value is -2.34. The standard InChI is InChI=1S/C17H18N2O/c1-10-6-11(2)13(4)16(7-10)20-17-8-12(3)19-14(5)15(17)9-18/h6-8H,1-5H3. The van der Waals surface area contributed by atoms with Gasteiger partial charge in [0, 0.05) is 11.8 Å². The van der Waals surface area contributed by atoms with Crippen molar-refractivity contribution in [3.05, 3.63) is 51.8 Å². The van der Waals surface area contributed by atoms with Gasteiger partial charge in [0.1, 0.15) is 23.1 Å². The van der Waals surface area contributed by atoms with Gasteiger partial charge in [0.05, 0.1) is 5.69 Å². The second-order valence-corrected chi connectivity index (χ2v) is 5.14. The highest BCUT2D eigenvalue weighted by atomic mass is 16.5. The number of nitriles is 1. The molecule has 20 heavy (non-hydrogen) atoms. The molecule has 0 fully saturated rings. The van der Waals surface area contributed by atoms with E-state index in [1.54, 1.807) is 0 Å². The summed E-state index contributed by atoms with van der Waals surface area (Å²) in [6.07, 6.45) is 0. The Balaban J connectivity index is 2.53. The minimum Gasteiger partial charge on any atom is -0.456 e. The molecule has 1 heterocycles. The van der Waals surface area contributed by atoms with E-state index in [-0.39, 0.29) is 0 Å². The van der Waals surface area contributed by atoms with E-state index in [9.17, 15) is 5.26 Å². The van der Waals surface area contributed by atoms with Crippen molar-refractivity contribution < 1.29 is 4.74 Å². The molecule has 1 aromatic carbocycles. The Labute approximate surface area is 119 Å². The molecule has 0 aliphatic carbocycles. The zero-order chi connectivity index (χ0) is 14.9. The number of rotatable bonds is 2. The maximum atomic E-state index is 9.28. The van der Waals surface area contributed by atoms with Gasteiger partial charge in [-0.15, -0.1) is 0 Å². The van der Waals surface area contributed by atoms with Crippen LogP contribution in [-0.2, 0) is 0 Å². The van der Waals surface area contributed by atoms with Gasteiger partial charge in [-0.2, -0.15) is 5.26 Å². The first-order valence-electron chi connectivity index (χ1n) is 6.56. The van der Waals surface area contributed by atoms with Gasteiger partial charge in [-0.25, -0.2) is 0 Å². The van der Waals surface area contributed by atoms with Crippen LogP contribution >= 0.6 is 0 Å². The third kappa shape index (κ3) is 2.65. The zero-order valence-electron chi connectivity index (χ0n) is 12.5. The van der Waals surface area contributed by atoms with E-state index in [1.165, 1.54) is 5.56 Å². The summed E-state index contributed by atoms with van der Waals surface area (Å²) in [6, 6.07) is 8.10. The number of benzene rings is 1. The lowest BCUT2D eigenvalue weighted by molar-refractivity contribution is 0.474. The molecule has 0 aliphatic rings. The monoisotopic (exact) mass is 266 g/mol. The third-order valence-electron chi connectivity index (χ3n) is 3.39. The molecule has 0 saturated heterocycles. The number of hydrogen-bond acceptors (Lipinski definition) is 3.